The summed E-state index contributed by atoms with van der Waals surface area (Å²) in [6.45, 7) is 0.623. The average molecular weight is 414 g/mol. The minimum atomic E-state index is -9.78. The average Bonchev–Trinajstić information content (AvgIpc) is 2.51. The summed E-state index contributed by atoms with van der Waals surface area (Å²) < 4.78 is 63.8. The topological polar surface area (TPSA) is 122 Å². The number of anilines is 1. The number of H-pyrrole nitrogens is 1. The quantitative estimate of drug-likeness (QED) is 0.365. The minimum Gasteiger partial charge on any atom is -0.480 e. The third kappa shape index (κ3) is 4.74. The fourth-order valence-electron chi connectivity index (χ4n) is 2.23. The SMILES string of the molecule is CC(Nc1nc(O)[nH]c(=O)c1C(=N)CO)c1ccc(S(F)(F)(F)(F)F)cc1. The van der Waals surface area contributed by atoms with E-state index in [-0.39, 0.29) is 29.1 Å². The van der Waals surface area contributed by atoms with Crippen molar-refractivity contribution in [3.63, 3.8) is 0 Å². The Balaban J connectivity index is 2.38. The highest BCUT2D eigenvalue weighted by Gasteiger charge is 2.65. The Hall–Kier alpha value is -2.67. The number of rotatable bonds is 6. The lowest BCUT2D eigenvalue weighted by atomic mass is 10.1. The third-order valence-corrected chi connectivity index (χ3v) is 4.71. The van der Waals surface area contributed by atoms with Gasteiger partial charge in [-0.2, -0.15) is 4.98 Å². The highest BCUT2D eigenvalue weighted by Crippen LogP contribution is 3.02. The molecule has 0 saturated heterocycles. The molecule has 0 aliphatic carbocycles. The van der Waals surface area contributed by atoms with Crippen molar-refractivity contribution in [2.75, 3.05) is 11.9 Å². The maximum absolute atomic E-state index is 12.8. The van der Waals surface area contributed by atoms with Gasteiger partial charge in [-0.1, -0.05) is 31.6 Å². The molecule has 0 radical (unpaired) electrons. The Morgan fingerprint density at radius 2 is 1.81 bits per heavy atom. The second-order valence-electron chi connectivity index (χ2n) is 5.65. The van der Waals surface area contributed by atoms with Crippen LogP contribution >= 0.6 is 10.2 Å². The maximum atomic E-state index is 12.8. The van der Waals surface area contributed by atoms with Crippen LogP contribution in [0.4, 0.5) is 25.2 Å². The Morgan fingerprint density at radius 1 is 1.26 bits per heavy atom. The molecule has 2 aromatic rings. The predicted octanol–water partition coefficient (Wildman–Crippen LogP) is 3.67. The molecule has 0 aliphatic rings. The van der Waals surface area contributed by atoms with Crippen molar-refractivity contribution in [2.24, 2.45) is 0 Å². The Morgan fingerprint density at radius 3 is 2.30 bits per heavy atom. The highest BCUT2D eigenvalue weighted by molar-refractivity contribution is 8.45. The van der Waals surface area contributed by atoms with Gasteiger partial charge in [-0.25, -0.2) is 0 Å². The first-order valence-electron chi connectivity index (χ1n) is 7.25. The molecule has 1 heterocycles. The summed E-state index contributed by atoms with van der Waals surface area (Å²) in [6, 6.07) is 0.518. The third-order valence-electron chi connectivity index (χ3n) is 3.55. The monoisotopic (exact) mass is 414 g/mol. The van der Waals surface area contributed by atoms with Crippen LogP contribution in [0.3, 0.4) is 0 Å². The minimum absolute atomic E-state index is 0.142. The molecule has 2 rings (SSSR count). The summed E-state index contributed by atoms with van der Waals surface area (Å²) in [4.78, 5) is 15.3. The zero-order valence-corrected chi connectivity index (χ0v) is 14.5. The molecule has 7 nitrogen and oxygen atoms in total. The lowest BCUT2D eigenvalue weighted by Crippen LogP contribution is -2.24. The largest absolute Gasteiger partial charge is 0.480 e. The molecule has 0 spiro atoms. The van der Waals surface area contributed by atoms with E-state index < -0.39 is 45.0 Å². The summed E-state index contributed by atoms with van der Waals surface area (Å²) >= 11 is 0. The molecule has 0 amide bonds. The summed E-state index contributed by atoms with van der Waals surface area (Å²) in [6.07, 6.45) is 0. The number of aliphatic hydroxyl groups excluding tert-OH is 1. The number of aliphatic hydroxyl groups is 1. The van der Waals surface area contributed by atoms with Gasteiger partial charge in [-0.3, -0.25) is 9.78 Å². The fourth-order valence-corrected chi connectivity index (χ4v) is 2.88. The molecule has 0 saturated carbocycles. The number of benzene rings is 1. The van der Waals surface area contributed by atoms with Gasteiger partial charge in [0.2, 0.25) is 0 Å². The van der Waals surface area contributed by atoms with Crippen molar-refractivity contribution >= 4 is 21.8 Å². The molecule has 1 aromatic carbocycles. The molecular weight excluding hydrogens is 399 g/mol. The van der Waals surface area contributed by atoms with Crippen molar-refractivity contribution in [2.45, 2.75) is 17.9 Å². The van der Waals surface area contributed by atoms with Crippen molar-refractivity contribution in [3.8, 4) is 6.01 Å². The predicted molar refractivity (Wildman–Crippen MR) is 90.3 cm³/mol. The van der Waals surface area contributed by atoms with Gasteiger partial charge >= 0.3 is 10.2 Å². The van der Waals surface area contributed by atoms with E-state index in [1.165, 1.54) is 6.92 Å². The standard InChI is InChI=1S/C14H15F5N4O3S/c1-7(8-2-4-9(5-3-8)27(15,16,17,18)19)21-12-11(10(20)6-24)13(25)23-14(26)22-12/h2-5,7,20,24H,6H2,1H3,(H3,21,22,23,25,26). The Kier molecular flexibility index (Phi) is 4.53. The highest BCUT2D eigenvalue weighted by atomic mass is 32.5. The van der Waals surface area contributed by atoms with Crippen LogP contribution in [0.1, 0.15) is 24.1 Å². The first-order valence-corrected chi connectivity index (χ1v) is 9.20. The van der Waals surface area contributed by atoms with Crippen LogP contribution in [0.25, 0.3) is 0 Å². The van der Waals surface area contributed by atoms with E-state index in [0.29, 0.717) is 0 Å². The molecule has 5 N–H and O–H groups in total. The van der Waals surface area contributed by atoms with Crippen molar-refractivity contribution in [3.05, 3.63) is 45.7 Å². The Bertz CT molecular complexity index is 945. The van der Waals surface area contributed by atoms with Gasteiger partial charge in [0.1, 0.15) is 16.3 Å². The van der Waals surface area contributed by atoms with E-state index in [2.05, 4.69) is 10.3 Å². The fraction of sp³-hybridized carbons (Fsp3) is 0.214. The van der Waals surface area contributed by atoms with Crippen LogP contribution in [-0.2, 0) is 0 Å². The van der Waals surface area contributed by atoms with Gasteiger partial charge in [-0.15, -0.1) is 0 Å². The van der Waals surface area contributed by atoms with Crippen LogP contribution in [0.15, 0.2) is 34.0 Å². The van der Waals surface area contributed by atoms with E-state index in [1.54, 1.807) is 0 Å². The molecule has 0 fully saturated rings. The molecule has 150 valence electrons. The molecule has 0 aliphatic heterocycles. The van der Waals surface area contributed by atoms with E-state index in [4.69, 9.17) is 10.5 Å². The first kappa shape index (κ1) is 20.6. The van der Waals surface area contributed by atoms with Crippen LogP contribution in [-0.4, -0.2) is 32.5 Å². The lowest BCUT2D eigenvalue weighted by molar-refractivity contribution is 0.356. The normalized spacial score (nSPS) is 15.5. The van der Waals surface area contributed by atoms with E-state index >= 15 is 0 Å². The van der Waals surface area contributed by atoms with E-state index in [1.807, 2.05) is 4.98 Å². The number of aromatic hydroxyl groups is 1. The summed E-state index contributed by atoms with van der Waals surface area (Å²) in [5.74, 6) is -0.306. The van der Waals surface area contributed by atoms with Crippen molar-refractivity contribution in [1.29, 1.82) is 5.41 Å². The number of halogens is 5. The van der Waals surface area contributed by atoms with Crippen LogP contribution in [0.5, 0.6) is 6.01 Å². The number of nitrogens with one attached hydrogen (secondary N) is 3. The van der Waals surface area contributed by atoms with Gasteiger partial charge in [0.05, 0.1) is 12.3 Å². The second-order valence-corrected chi connectivity index (χ2v) is 8.06. The summed E-state index contributed by atoms with van der Waals surface area (Å²) in [5.41, 5.74) is -1.68. The molecule has 1 atom stereocenters. The van der Waals surface area contributed by atoms with Crippen LogP contribution in [0, 0.1) is 5.41 Å². The van der Waals surface area contributed by atoms with Gasteiger partial charge in [0.25, 0.3) is 11.6 Å². The van der Waals surface area contributed by atoms with E-state index in [0.717, 1.165) is 12.1 Å². The number of aromatic nitrogens is 2. The first-order chi connectivity index (χ1) is 12.1. The molecule has 27 heavy (non-hydrogen) atoms. The molecule has 0 bridgehead atoms. The molecule has 1 unspecified atom stereocenters. The number of aromatic amines is 1. The maximum Gasteiger partial charge on any atom is 0.310 e. The van der Waals surface area contributed by atoms with E-state index in [9.17, 15) is 29.3 Å². The van der Waals surface area contributed by atoms with Crippen LogP contribution < -0.4 is 10.9 Å². The molecule has 1 aromatic heterocycles. The zero-order valence-electron chi connectivity index (χ0n) is 13.6. The van der Waals surface area contributed by atoms with Gasteiger partial charge < -0.3 is 20.9 Å². The zero-order chi connectivity index (χ0) is 20.7. The number of hydrogen-bond donors (Lipinski definition) is 5. The number of nitrogens with zero attached hydrogens (tertiary/aromatic N) is 1. The van der Waals surface area contributed by atoms with Gasteiger partial charge in [0.15, 0.2) is 0 Å². The smallest absolute Gasteiger partial charge is 0.310 e. The van der Waals surface area contributed by atoms with Gasteiger partial charge in [0, 0.05) is 6.04 Å². The van der Waals surface area contributed by atoms with Gasteiger partial charge in [-0.05, 0) is 24.6 Å². The molecular formula is C14H15F5N4O3S. The van der Waals surface area contributed by atoms with Crippen molar-refractivity contribution < 1.29 is 29.6 Å². The second kappa shape index (κ2) is 5.92. The summed E-state index contributed by atoms with van der Waals surface area (Å²) in [5, 5.41) is 28.6. The summed E-state index contributed by atoms with van der Waals surface area (Å²) in [7, 11) is -9.78. The lowest BCUT2D eigenvalue weighted by Gasteiger charge is -2.40. The van der Waals surface area contributed by atoms with Crippen LogP contribution in [0.2, 0.25) is 0 Å². The van der Waals surface area contributed by atoms with Crippen molar-refractivity contribution in [1.82, 2.24) is 9.97 Å². The Labute approximate surface area is 149 Å². The number of hydrogen-bond acceptors (Lipinski definition) is 6. The molecule has 13 heteroatoms.